The molecule has 27 heavy (non-hydrogen) atoms. The number of nitrogens with zero attached hydrogens (tertiary/aromatic N) is 4. The van der Waals surface area contributed by atoms with Gasteiger partial charge in [-0.15, -0.1) is 10.2 Å². The Labute approximate surface area is 163 Å². The number of thioether (sulfide) groups is 1. The van der Waals surface area contributed by atoms with Gasteiger partial charge in [0.2, 0.25) is 0 Å². The second-order valence-corrected chi connectivity index (χ2v) is 8.02. The van der Waals surface area contributed by atoms with Crippen LogP contribution in [0.4, 0.5) is 0 Å². The number of aromatic nitrogens is 4. The van der Waals surface area contributed by atoms with E-state index in [9.17, 15) is 5.11 Å². The highest BCUT2D eigenvalue weighted by Gasteiger charge is 2.21. The molecular weight excluding hydrogens is 360 g/mol. The van der Waals surface area contributed by atoms with Gasteiger partial charge in [-0.1, -0.05) is 36.0 Å². The van der Waals surface area contributed by atoms with E-state index in [1.807, 2.05) is 24.3 Å². The van der Waals surface area contributed by atoms with Crippen LogP contribution in [0.15, 0.2) is 35.5 Å². The third-order valence-corrected chi connectivity index (χ3v) is 5.95. The second-order valence-electron chi connectivity index (χ2n) is 7.03. The van der Waals surface area contributed by atoms with Gasteiger partial charge in [-0.05, 0) is 50.3 Å². The molecule has 0 spiro atoms. The van der Waals surface area contributed by atoms with E-state index in [2.05, 4.69) is 39.4 Å². The number of hydrogen-bond donors (Lipinski definition) is 1. The van der Waals surface area contributed by atoms with Crippen molar-refractivity contribution in [3.05, 3.63) is 52.8 Å². The molecule has 0 fully saturated rings. The highest BCUT2D eigenvalue weighted by molar-refractivity contribution is 7.99. The molecule has 0 amide bonds. The minimum absolute atomic E-state index is 0.0814. The average molecular weight is 385 g/mol. The zero-order valence-corrected chi connectivity index (χ0v) is 16.4. The number of hydrogen-bond acceptors (Lipinski definition) is 6. The largest absolute Gasteiger partial charge is 0.390 e. The predicted octanol–water partition coefficient (Wildman–Crippen LogP) is 3.29. The van der Waals surface area contributed by atoms with E-state index in [0.29, 0.717) is 18.1 Å². The van der Waals surface area contributed by atoms with Crippen LogP contribution in [0.5, 0.6) is 0 Å². The van der Waals surface area contributed by atoms with Crippen molar-refractivity contribution in [2.24, 2.45) is 0 Å². The fraction of sp³-hybridized carbons (Fsp3) is 0.450. The number of aliphatic hydroxyl groups excluding tert-OH is 1. The topological polar surface area (TPSA) is 72.5 Å². The summed E-state index contributed by atoms with van der Waals surface area (Å²) >= 11 is 1.48. The smallest absolute Gasteiger partial charge is 0.256 e. The number of rotatable bonds is 6. The Morgan fingerprint density at radius 2 is 2.15 bits per heavy atom. The Morgan fingerprint density at radius 3 is 3.04 bits per heavy atom. The molecular formula is C20H24N4O2S. The van der Waals surface area contributed by atoms with Gasteiger partial charge >= 0.3 is 0 Å². The van der Waals surface area contributed by atoms with Gasteiger partial charge in [0.15, 0.2) is 5.16 Å². The van der Waals surface area contributed by atoms with Crippen LogP contribution < -0.4 is 0 Å². The van der Waals surface area contributed by atoms with Crippen LogP contribution in [-0.2, 0) is 11.2 Å². The molecule has 2 heterocycles. The van der Waals surface area contributed by atoms with Gasteiger partial charge in [0.25, 0.3) is 5.78 Å². The Hall–Kier alpha value is -1.96. The predicted molar refractivity (Wildman–Crippen MR) is 105 cm³/mol. The third kappa shape index (κ3) is 4.00. The maximum Gasteiger partial charge on any atom is 0.256 e. The van der Waals surface area contributed by atoms with Crippen molar-refractivity contribution in [3.8, 4) is 0 Å². The van der Waals surface area contributed by atoms with E-state index in [-0.39, 0.29) is 6.10 Å². The van der Waals surface area contributed by atoms with Crippen LogP contribution >= 0.6 is 11.8 Å². The molecule has 0 aliphatic heterocycles. The summed E-state index contributed by atoms with van der Waals surface area (Å²) in [6.07, 6.45) is 2.77. The molecule has 0 bridgehead atoms. The van der Waals surface area contributed by atoms with E-state index in [4.69, 9.17) is 4.74 Å². The normalized spacial score (nSPS) is 17.8. The molecule has 2 aromatic heterocycles. The van der Waals surface area contributed by atoms with Crippen molar-refractivity contribution in [3.63, 3.8) is 0 Å². The Bertz CT molecular complexity index is 943. The first-order valence-electron chi connectivity index (χ1n) is 9.31. The molecule has 7 heteroatoms. The van der Waals surface area contributed by atoms with Gasteiger partial charge in [0.1, 0.15) is 0 Å². The highest BCUT2D eigenvalue weighted by atomic mass is 32.2. The van der Waals surface area contributed by atoms with E-state index in [1.165, 1.54) is 22.9 Å². The van der Waals surface area contributed by atoms with Gasteiger partial charge < -0.3 is 9.84 Å². The summed E-state index contributed by atoms with van der Waals surface area (Å²) in [6.45, 7) is 4.27. The zero-order valence-electron chi connectivity index (χ0n) is 15.6. The number of aliphatic hydroxyl groups is 1. The molecule has 6 nitrogen and oxygen atoms in total. The molecule has 0 saturated heterocycles. The minimum Gasteiger partial charge on any atom is -0.390 e. The average Bonchev–Trinajstić information content (AvgIpc) is 3.07. The lowest BCUT2D eigenvalue weighted by atomic mass is 9.89. The second kappa shape index (κ2) is 7.96. The lowest BCUT2D eigenvalue weighted by Crippen LogP contribution is -2.22. The SMILES string of the molecule is Cc1cc(C)n2c(SC[C@H](O)CO[C@H]3CCCc4ccccc43)nnc2n1. The highest BCUT2D eigenvalue weighted by Crippen LogP contribution is 2.32. The zero-order chi connectivity index (χ0) is 18.8. The first kappa shape index (κ1) is 18.4. The maximum atomic E-state index is 10.4. The van der Waals surface area contributed by atoms with Crippen LogP contribution in [0.3, 0.4) is 0 Å². The molecule has 1 aliphatic rings. The van der Waals surface area contributed by atoms with Crippen molar-refractivity contribution in [1.82, 2.24) is 19.6 Å². The third-order valence-electron chi connectivity index (χ3n) is 4.87. The van der Waals surface area contributed by atoms with Gasteiger partial charge in [-0.25, -0.2) is 4.98 Å². The monoisotopic (exact) mass is 384 g/mol. The Balaban J connectivity index is 1.35. The molecule has 1 aliphatic carbocycles. The molecule has 142 valence electrons. The van der Waals surface area contributed by atoms with Gasteiger partial charge in [-0.3, -0.25) is 4.40 Å². The molecule has 3 aromatic rings. The van der Waals surface area contributed by atoms with E-state index < -0.39 is 6.10 Å². The van der Waals surface area contributed by atoms with Crippen molar-refractivity contribution < 1.29 is 9.84 Å². The van der Waals surface area contributed by atoms with Crippen molar-refractivity contribution >= 4 is 17.5 Å². The minimum atomic E-state index is -0.560. The lowest BCUT2D eigenvalue weighted by molar-refractivity contribution is -0.00960. The standard InChI is InChI=1S/C20H24N4O2S/c1-13-10-14(2)24-19(21-13)22-23-20(24)27-12-16(25)11-26-18-9-5-7-15-6-3-4-8-17(15)18/h3-4,6,8,10,16,18,25H,5,7,9,11-12H2,1-2H3/t16-,18+/m1/s1. The fourth-order valence-electron chi connectivity index (χ4n) is 3.62. The number of fused-ring (bicyclic) bond motifs is 2. The fourth-order valence-corrected chi connectivity index (χ4v) is 4.51. The van der Waals surface area contributed by atoms with E-state index >= 15 is 0 Å². The molecule has 0 unspecified atom stereocenters. The van der Waals surface area contributed by atoms with Crippen LogP contribution in [-0.4, -0.2) is 43.2 Å². The molecule has 4 rings (SSSR count). The maximum absolute atomic E-state index is 10.4. The number of aryl methyl sites for hydroxylation is 3. The molecule has 1 N–H and O–H groups in total. The molecule has 1 aromatic carbocycles. The Morgan fingerprint density at radius 1 is 1.30 bits per heavy atom. The molecule has 0 radical (unpaired) electrons. The van der Waals surface area contributed by atoms with Gasteiger partial charge in [0.05, 0.1) is 18.8 Å². The summed E-state index contributed by atoms with van der Waals surface area (Å²) in [6, 6.07) is 10.4. The van der Waals surface area contributed by atoms with E-state index in [1.54, 1.807) is 0 Å². The quantitative estimate of drug-likeness (QED) is 0.658. The first-order chi connectivity index (χ1) is 13.1. The van der Waals surface area contributed by atoms with Crippen LogP contribution in [0, 0.1) is 13.8 Å². The first-order valence-corrected chi connectivity index (χ1v) is 10.3. The summed E-state index contributed by atoms with van der Waals surface area (Å²) in [7, 11) is 0. The summed E-state index contributed by atoms with van der Waals surface area (Å²) in [5.41, 5.74) is 4.59. The van der Waals surface area contributed by atoms with Crippen molar-refractivity contribution in [2.45, 2.75) is 50.5 Å². The summed E-state index contributed by atoms with van der Waals surface area (Å²) < 4.78 is 7.97. The van der Waals surface area contributed by atoms with Crippen molar-refractivity contribution in [1.29, 1.82) is 0 Å². The van der Waals surface area contributed by atoms with Gasteiger partial charge in [-0.2, -0.15) is 0 Å². The Kier molecular flexibility index (Phi) is 5.43. The van der Waals surface area contributed by atoms with Crippen LogP contribution in [0.1, 0.15) is 41.5 Å². The van der Waals surface area contributed by atoms with Crippen molar-refractivity contribution in [2.75, 3.05) is 12.4 Å². The summed E-state index contributed by atoms with van der Waals surface area (Å²) in [5, 5.41) is 19.5. The summed E-state index contributed by atoms with van der Waals surface area (Å²) in [5.74, 6) is 1.10. The molecule has 2 atom stereocenters. The summed E-state index contributed by atoms with van der Waals surface area (Å²) in [4.78, 5) is 4.39. The van der Waals surface area contributed by atoms with Crippen LogP contribution in [0.2, 0.25) is 0 Å². The van der Waals surface area contributed by atoms with Crippen LogP contribution in [0.25, 0.3) is 5.78 Å². The number of benzene rings is 1. The lowest BCUT2D eigenvalue weighted by Gasteiger charge is -2.26. The number of ether oxygens (including phenoxy) is 1. The van der Waals surface area contributed by atoms with E-state index in [0.717, 1.165) is 35.8 Å². The van der Waals surface area contributed by atoms with Gasteiger partial charge in [0, 0.05) is 17.1 Å². The molecule has 0 saturated carbocycles.